The van der Waals surface area contributed by atoms with Gasteiger partial charge in [-0.2, -0.15) is 5.26 Å². The van der Waals surface area contributed by atoms with E-state index in [4.69, 9.17) is 0 Å². The predicted octanol–water partition coefficient (Wildman–Crippen LogP) is 2.16. The third kappa shape index (κ3) is 2.98. The van der Waals surface area contributed by atoms with Crippen molar-refractivity contribution in [2.24, 2.45) is 17.3 Å². The Hall–Kier alpha value is -1.08. The number of nitriles is 1. The minimum atomic E-state index is -0.108. The smallest absolute Gasteiger partial charge is 0.237 e. The van der Waals surface area contributed by atoms with Crippen LogP contribution >= 0.6 is 0 Å². The normalized spacial score (nSPS) is 36.2. The Labute approximate surface area is 122 Å². The van der Waals surface area contributed by atoms with Crippen LogP contribution in [-0.2, 0) is 4.79 Å². The average molecular weight is 277 g/mol. The summed E-state index contributed by atoms with van der Waals surface area (Å²) in [5.74, 6) is 0.807. The largest absolute Gasteiger partial charge is 0.353 e. The maximum atomic E-state index is 11.9. The van der Waals surface area contributed by atoms with Gasteiger partial charge < -0.3 is 5.32 Å². The lowest BCUT2D eigenvalue weighted by atomic mass is 9.67. The molecule has 4 nitrogen and oxygen atoms in total. The summed E-state index contributed by atoms with van der Waals surface area (Å²) in [5, 5.41) is 12.4. The van der Waals surface area contributed by atoms with Crippen LogP contribution in [0.4, 0.5) is 0 Å². The van der Waals surface area contributed by atoms with E-state index in [-0.39, 0.29) is 29.3 Å². The Morgan fingerprint density at radius 2 is 2.05 bits per heavy atom. The summed E-state index contributed by atoms with van der Waals surface area (Å²) >= 11 is 0. The van der Waals surface area contributed by atoms with Crippen molar-refractivity contribution in [1.82, 2.24) is 10.2 Å². The second-order valence-electron chi connectivity index (χ2n) is 7.38. The first-order valence-electron chi connectivity index (χ1n) is 7.77. The first-order chi connectivity index (χ1) is 9.34. The van der Waals surface area contributed by atoms with E-state index in [0.29, 0.717) is 12.5 Å². The van der Waals surface area contributed by atoms with Crippen LogP contribution < -0.4 is 5.32 Å². The topological polar surface area (TPSA) is 56.1 Å². The van der Waals surface area contributed by atoms with Gasteiger partial charge in [0.25, 0.3) is 0 Å². The van der Waals surface area contributed by atoms with Crippen LogP contribution in [0.15, 0.2) is 0 Å². The molecule has 1 aliphatic carbocycles. The summed E-state index contributed by atoms with van der Waals surface area (Å²) in [7, 11) is 0. The van der Waals surface area contributed by atoms with E-state index in [1.54, 1.807) is 0 Å². The molecule has 1 aliphatic heterocycles. The van der Waals surface area contributed by atoms with E-state index >= 15 is 0 Å². The third-order valence-corrected chi connectivity index (χ3v) is 5.18. The SMILES string of the molecule is CC1C(=O)NCCN1C1CC(C(C)(C)C)CCC1C#N. The highest BCUT2D eigenvalue weighted by atomic mass is 16.2. The first-order valence-corrected chi connectivity index (χ1v) is 7.77. The fourth-order valence-electron chi connectivity index (χ4n) is 3.70. The van der Waals surface area contributed by atoms with Gasteiger partial charge in [-0.05, 0) is 37.5 Å². The van der Waals surface area contributed by atoms with Gasteiger partial charge in [-0.1, -0.05) is 20.8 Å². The maximum absolute atomic E-state index is 11.9. The van der Waals surface area contributed by atoms with Crippen molar-refractivity contribution in [2.45, 2.75) is 59.0 Å². The Morgan fingerprint density at radius 1 is 1.35 bits per heavy atom. The summed E-state index contributed by atoms with van der Waals surface area (Å²) in [4.78, 5) is 14.2. The maximum Gasteiger partial charge on any atom is 0.237 e. The Morgan fingerprint density at radius 3 is 2.65 bits per heavy atom. The highest BCUT2D eigenvalue weighted by Crippen LogP contribution is 2.42. The number of piperazine rings is 1. The average Bonchev–Trinajstić information content (AvgIpc) is 2.40. The minimum absolute atomic E-state index is 0.0712. The number of nitrogens with zero attached hydrogens (tertiary/aromatic N) is 2. The molecule has 0 aromatic carbocycles. The molecule has 2 rings (SSSR count). The summed E-state index contributed by atoms with van der Waals surface area (Å²) in [6.45, 7) is 10.4. The first kappa shape index (κ1) is 15.3. The third-order valence-electron chi connectivity index (χ3n) is 5.18. The fraction of sp³-hybridized carbons (Fsp3) is 0.875. The van der Waals surface area contributed by atoms with Crippen LogP contribution in [-0.4, -0.2) is 36.0 Å². The van der Waals surface area contributed by atoms with Crippen LogP contribution in [0.3, 0.4) is 0 Å². The lowest BCUT2D eigenvalue weighted by molar-refractivity contribution is -0.130. The molecule has 1 saturated carbocycles. The van der Waals surface area contributed by atoms with Gasteiger partial charge >= 0.3 is 0 Å². The van der Waals surface area contributed by atoms with E-state index in [2.05, 4.69) is 37.1 Å². The van der Waals surface area contributed by atoms with Crippen molar-refractivity contribution >= 4 is 5.91 Å². The van der Waals surface area contributed by atoms with Crippen molar-refractivity contribution in [3.05, 3.63) is 0 Å². The standard InChI is InChI=1S/C16H27N3O/c1-11-15(20)18-7-8-19(11)14-9-13(16(2,3)4)6-5-12(14)10-17/h11-14H,5-9H2,1-4H3,(H,18,20). The number of carbonyl (C=O) groups is 1. The number of hydrogen-bond donors (Lipinski definition) is 1. The van der Waals surface area contributed by atoms with Crippen molar-refractivity contribution in [3.63, 3.8) is 0 Å². The molecule has 4 heteroatoms. The van der Waals surface area contributed by atoms with Gasteiger partial charge in [-0.25, -0.2) is 0 Å². The van der Waals surface area contributed by atoms with Gasteiger partial charge in [-0.15, -0.1) is 0 Å². The molecule has 2 aliphatic rings. The second-order valence-corrected chi connectivity index (χ2v) is 7.38. The summed E-state index contributed by atoms with van der Waals surface area (Å²) in [6.07, 6.45) is 3.14. The zero-order valence-corrected chi connectivity index (χ0v) is 13.1. The van der Waals surface area contributed by atoms with E-state index < -0.39 is 0 Å². The molecule has 1 amide bonds. The predicted molar refractivity (Wildman–Crippen MR) is 78.9 cm³/mol. The molecule has 0 radical (unpaired) electrons. The van der Waals surface area contributed by atoms with Crippen LogP contribution in [0, 0.1) is 28.6 Å². The molecule has 1 heterocycles. The minimum Gasteiger partial charge on any atom is -0.353 e. The van der Waals surface area contributed by atoms with Gasteiger partial charge in [0.2, 0.25) is 5.91 Å². The number of carbonyl (C=O) groups excluding carboxylic acids is 1. The molecular formula is C16H27N3O. The summed E-state index contributed by atoms with van der Waals surface area (Å²) in [6, 6.07) is 2.61. The lowest BCUT2D eigenvalue weighted by Gasteiger charge is -2.47. The fourth-order valence-corrected chi connectivity index (χ4v) is 3.70. The molecule has 0 aromatic heterocycles. The van der Waals surface area contributed by atoms with E-state index in [1.807, 2.05) is 6.92 Å². The number of rotatable bonds is 1. The summed E-state index contributed by atoms with van der Waals surface area (Å²) in [5.41, 5.74) is 0.278. The number of amides is 1. The molecule has 1 saturated heterocycles. The Balaban J connectivity index is 2.17. The molecule has 0 aromatic rings. The van der Waals surface area contributed by atoms with Gasteiger partial charge in [-0.3, -0.25) is 9.69 Å². The molecule has 112 valence electrons. The molecule has 20 heavy (non-hydrogen) atoms. The highest BCUT2D eigenvalue weighted by Gasteiger charge is 2.41. The number of hydrogen-bond acceptors (Lipinski definition) is 3. The van der Waals surface area contributed by atoms with Gasteiger partial charge in [0.15, 0.2) is 0 Å². The summed E-state index contributed by atoms with van der Waals surface area (Å²) < 4.78 is 0. The molecule has 0 bridgehead atoms. The molecule has 4 atom stereocenters. The van der Waals surface area contributed by atoms with Gasteiger partial charge in [0.1, 0.15) is 0 Å². The van der Waals surface area contributed by atoms with Crippen LogP contribution in [0.1, 0.15) is 47.0 Å². The van der Waals surface area contributed by atoms with E-state index in [9.17, 15) is 10.1 Å². The quantitative estimate of drug-likeness (QED) is 0.799. The van der Waals surface area contributed by atoms with Crippen LogP contribution in [0.2, 0.25) is 0 Å². The van der Waals surface area contributed by atoms with Gasteiger partial charge in [0, 0.05) is 19.1 Å². The Kier molecular flexibility index (Phi) is 4.39. The van der Waals surface area contributed by atoms with Crippen LogP contribution in [0.25, 0.3) is 0 Å². The monoisotopic (exact) mass is 277 g/mol. The van der Waals surface area contributed by atoms with Crippen molar-refractivity contribution < 1.29 is 4.79 Å². The van der Waals surface area contributed by atoms with Crippen LogP contribution in [0.5, 0.6) is 0 Å². The molecular weight excluding hydrogens is 250 g/mol. The van der Waals surface area contributed by atoms with E-state index in [0.717, 1.165) is 25.8 Å². The molecule has 0 spiro atoms. The Bertz CT molecular complexity index is 407. The second kappa shape index (κ2) is 5.73. The van der Waals surface area contributed by atoms with Crippen molar-refractivity contribution in [1.29, 1.82) is 5.26 Å². The number of nitrogens with one attached hydrogen (secondary N) is 1. The molecule has 1 N–H and O–H groups in total. The van der Waals surface area contributed by atoms with Crippen molar-refractivity contribution in [3.8, 4) is 6.07 Å². The lowest BCUT2D eigenvalue weighted by Crippen LogP contribution is -2.60. The zero-order chi connectivity index (χ0) is 14.9. The molecule has 4 unspecified atom stereocenters. The van der Waals surface area contributed by atoms with E-state index in [1.165, 1.54) is 0 Å². The van der Waals surface area contributed by atoms with Crippen molar-refractivity contribution in [2.75, 3.05) is 13.1 Å². The molecule has 2 fully saturated rings. The zero-order valence-electron chi connectivity index (χ0n) is 13.1. The van der Waals surface area contributed by atoms with Gasteiger partial charge in [0.05, 0.1) is 18.0 Å². The highest BCUT2D eigenvalue weighted by molar-refractivity contribution is 5.82.